The molecule has 0 saturated heterocycles. The third-order valence-electron chi connectivity index (χ3n) is 8.00. The first-order valence-electron chi connectivity index (χ1n) is 19.1. The van der Waals surface area contributed by atoms with E-state index in [0.29, 0.717) is 24.0 Å². The summed E-state index contributed by atoms with van der Waals surface area (Å²) in [6, 6.07) is 26.1. The molecule has 68 heavy (non-hydrogen) atoms. The molecule has 22 nitrogen and oxygen atoms in total. The molecule has 0 aliphatic rings. The van der Waals surface area contributed by atoms with E-state index < -0.39 is 73.0 Å². The Morgan fingerprint density at radius 1 is 0.618 bits per heavy atom. The molecule has 0 spiro atoms. The average Bonchev–Trinajstić information content (AvgIpc) is 3.30. The normalized spacial score (nSPS) is 10.1. The summed E-state index contributed by atoms with van der Waals surface area (Å²) in [5.41, 5.74) is -2.32. The van der Waals surface area contributed by atoms with E-state index in [2.05, 4.69) is 9.98 Å². The van der Waals surface area contributed by atoms with Crippen molar-refractivity contribution in [1.29, 1.82) is 0 Å². The minimum absolute atomic E-state index is 0. The number of carboxylic acid groups (broad SMARTS) is 5. The van der Waals surface area contributed by atoms with E-state index in [1.807, 2.05) is 12.1 Å². The van der Waals surface area contributed by atoms with Gasteiger partial charge in [-0.15, -0.1) is 0 Å². The number of aliphatic hydroxyl groups excluding tert-OH is 3. The number of isocyanates is 2. The number of hydrogen-bond acceptors (Lipinski definition) is 16. The Bertz CT molecular complexity index is 2370. The van der Waals surface area contributed by atoms with Crippen LogP contribution in [-0.4, -0.2) is 128 Å². The Balaban J connectivity index is -0.000000843. The molecule has 24 heteroatoms. The number of carbonyl (C=O) groups is 6. The Hall–Kier alpha value is -6.75. The van der Waals surface area contributed by atoms with Crippen molar-refractivity contribution in [3.05, 3.63) is 137 Å². The molecule has 0 atom stereocenters. The number of benzene rings is 4. The molecule has 0 unspecified atom stereocenters. The molecule has 362 valence electrons. The standard InChI is InChI=1S/C15H10N2O2.C13H16O8S.C8H6O4.C6H10O4.C2H6O2.Na.H/c18-11-16-15(17-12-19,13-7-3-1-4-8-13)14-9-5-2-6-10-14;1-13(2,6-14)7-21-12(17)9-5-3-4-8(11(15)16)10(9)22(18,19)20;9-7(10)5-2-1-3-6(4-5)8(11)12;7-5(8)3-1-2-4-6(9)10;3-1-2-4;;/h1-10H;3-5,14H,6-7H2,1-2H3,(H,15,16)(H,18,19,20);1-4H,(H,9,10)(H,11,12);1-4H2,(H,7,8)(H,9,10);3-4H,1-2H2;;/q;;;;;+1;-1. The third-order valence-corrected chi connectivity index (χ3v) is 8.96. The Morgan fingerprint density at radius 2 is 1.01 bits per heavy atom. The van der Waals surface area contributed by atoms with Gasteiger partial charge in [-0.1, -0.05) is 86.6 Å². The SMILES string of the molecule is CC(C)(CO)COC(=O)c1cccc(C(=O)O)c1S(=O)(=O)O.O=C(O)CCCCC(=O)O.O=C(O)c1cccc(C(=O)O)c1.O=C=NC(N=C=O)(c1ccccc1)c1ccccc1.OCCO.[H-].[Na+]. The quantitative estimate of drug-likeness (QED) is 0.0169. The van der Waals surface area contributed by atoms with Crippen LogP contribution in [0.25, 0.3) is 0 Å². The molecule has 4 rings (SSSR count). The fourth-order valence-corrected chi connectivity index (χ4v) is 5.65. The average molecular weight is 981 g/mol. The summed E-state index contributed by atoms with van der Waals surface area (Å²) >= 11 is 0. The van der Waals surface area contributed by atoms with E-state index >= 15 is 0 Å². The number of esters is 1. The predicted octanol–water partition coefficient (Wildman–Crippen LogP) is 1.25. The van der Waals surface area contributed by atoms with E-state index in [9.17, 15) is 51.3 Å². The van der Waals surface area contributed by atoms with Crippen LogP contribution < -0.4 is 29.6 Å². The Kier molecular flexibility index (Phi) is 30.6. The second-order valence-electron chi connectivity index (χ2n) is 13.8. The number of aliphatic carboxylic acids is 2. The molecule has 0 heterocycles. The molecule has 4 aromatic rings. The van der Waals surface area contributed by atoms with Crippen LogP contribution in [0.4, 0.5) is 0 Å². The number of hydrogen-bond donors (Lipinski definition) is 9. The van der Waals surface area contributed by atoms with Gasteiger partial charge < -0.3 is 47.0 Å². The van der Waals surface area contributed by atoms with Gasteiger partial charge in [0.25, 0.3) is 10.1 Å². The second kappa shape index (κ2) is 32.8. The van der Waals surface area contributed by atoms with Gasteiger partial charge in [0.2, 0.25) is 17.8 Å². The van der Waals surface area contributed by atoms with Gasteiger partial charge in [0, 0.05) is 29.4 Å². The van der Waals surface area contributed by atoms with Crippen LogP contribution >= 0.6 is 0 Å². The van der Waals surface area contributed by atoms with Gasteiger partial charge in [0.05, 0.1) is 48.7 Å². The maximum absolute atomic E-state index is 12.0. The van der Waals surface area contributed by atoms with Gasteiger partial charge in [-0.2, -0.15) is 18.4 Å². The molecule has 0 saturated carbocycles. The van der Waals surface area contributed by atoms with Crippen molar-refractivity contribution in [2.45, 2.75) is 50.1 Å². The minimum Gasteiger partial charge on any atom is -1.00 e. The maximum atomic E-state index is 12.0. The van der Waals surface area contributed by atoms with Gasteiger partial charge >= 0.3 is 65.4 Å². The summed E-state index contributed by atoms with van der Waals surface area (Å²) < 4.78 is 36.8. The van der Waals surface area contributed by atoms with E-state index in [-0.39, 0.29) is 81.4 Å². The zero-order valence-corrected chi connectivity index (χ0v) is 39.6. The minimum atomic E-state index is -4.94. The molecular formula is C44H49N2NaO20S. The molecule has 9 N–H and O–H groups in total. The predicted molar refractivity (Wildman–Crippen MR) is 234 cm³/mol. The van der Waals surface area contributed by atoms with Crippen LogP contribution in [-0.2, 0) is 39.7 Å². The van der Waals surface area contributed by atoms with E-state index in [4.69, 9.17) is 45.6 Å². The molecule has 0 aliphatic heterocycles. The first-order valence-corrected chi connectivity index (χ1v) is 20.5. The molecular weight excluding hydrogens is 932 g/mol. The second-order valence-corrected chi connectivity index (χ2v) is 15.2. The van der Waals surface area contributed by atoms with E-state index in [1.54, 1.807) is 62.4 Å². The molecule has 0 bridgehead atoms. The van der Waals surface area contributed by atoms with Crippen molar-refractivity contribution in [3.63, 3.8) is 0 Å². The Labute approximate surface area is 412 Å². The van der Waals surface area contributed by atoms with Crippen LogP contribution in [0.1, 0.15) is 93.5 Å². The van der Waals surface area contributed by atoms with Gasteiger partial charge in [-0.05, 0) is 43.2 Å². The number of aromatic carboxylic acids is 3. The molecule has 0 radical (unpaired) electrons. The molecule has 0 amide bonds. The third kappa shape index (κ3) is 23.6. The molecule has 0 aromatic heterocycles. The maximum Gasteiger partial charge on any atom is 1.00 e. The van der Waals surface area contributed by atoms with Crippen molar-refractivity contribution < 1.29 is 128 Å². The number of aliphatic hydroxyl groups is 3. The molecule has 4 aromatic carbocycles. The van der Waals surface area contributed by atoms with Gasteiger partial charge in [-0.3, -0.25) is 14.1 Å². The van der Waals surface area contributed by atoms with Crippen molar-refractivity contribution in [2.75, 3.05) is 26.4 Å². The summed E-state index contributed by atoms with van der Waals surface area (Å²) in [6.07, 6.45) is 4.00. The Morgan fingerprint density at radius 3 is 1.34 bits per heavy atom. The van der Waals surface area contributed by atoms with Gasteiger partial charge in [0.15, 0.2) is 0 Å². The fraction of sp³-hybridized carbons (Fsp3) is 0.273. The van der Waals surface area contributed by atoms with Crippen molar-refractivity contribution in [1.82, 2.24) is 0 Å². The zero-order valence-electron chi connectivity index (χ0n) is 37.8. The molecule has 0 fully saturated rings. The smallest absolute Gasteiger partial charge is 1.00 e. The molecule has 0 aliphatic carbocycles. The van der Waals surface area contributed by atoms with Crippen LogP contribution in [0, 0.1) is 5.41 Å². The van der Waals surface area contributed by atoms with Crippen molar-refractivity contribution in [2.24, 2.45) is 15.4 Å². The summed E-state index contributed by atoms with van der Waals surface area (Å²) in [7, 11) is -4.94. The number of carbonyl (C=O) groups excluding carboxylic acids is 3. The van der Waals surface area contributed by atoms with Crippen molar-refractivity contribution in [3.8, 4) is 0 Å². The fourth-order valence-electron chi connectivity index (χ4n) is 4.79. The first-order chi connectivity index (χ1) is 31.5. The zero-order chi connectivity index (χ0) is 51.2. The summed E-state index contributed by atoms with van der Waals surface area (Å²) in [5, 5.41) is 66.6. The first kappa shape index (κ1) is 63.3. The number of nitrogens with zero attached hydrogens (tertiary/aromatic N) is 2. The summed E-state index contributed by atoms with van der Waals surface area (Å²) in [5.74, 6) is -6.72. The summed E-state index contributed by atoms with van der Waals surface area (Å²) in [6.45, 7) is 2.47. The largest absolute Gasteiger partial charge is 1.00 e. The van der Waals surface area contributed by atoms with Crippen molar-refractivity contribution >= 4 is 58.1 Å². The topological polar surface area (TPSA) is 387 Å². The van der Waals surface area contributed by atoms with E-state index in [1.165, 1.54) is 30.4 Å². The summed E-state index contributed by atoms with van der Waals surface area (Å²) in [4.78, 5) is 91.6. The number of unbranched alkanes of at least 4 members (excludes halogenated alkanes) is 1. The number of ether oxygens (including phenoxy) is 1. The van der Waals surface area contributed by atoms with Crippen LogP contribution in [0.2, 0.25) is 0 Å². The van der Waals surface area contributed by atoms with Gasteiger partial charge in [-0.25, -0.2) is 28.8 Å². The van der Waals surface area contributed by atoms with E-state index in [0.717, 1.165) is 24.3 Å². The van der Waals surface area contributed by atoms with Gasteiger partial charge in [0.1, 0.15) is 4.90 Å². The number of aliphatic imine (C=N–C) groups is 2. The number of rotatable bonds is 18. The van der Waals surface area contributed by atoms with Crippen LogP contribution in [0.15, 0.2) is 118 Å². The van der Waals surface area contributed by atoms with Crippen LogP contribution in [0.5, 0.6) is 0 Å². The number of carboxylic acids is 5. The monoisotopic (exact) mass is 980 g/mol. The van der Waals surface area contributed by atoms with Crippen LogP contribution in [0.3, 0.4) is 0 Å².